The summed E-state index contributed by atoms with van der Waals surface area (Å²) < 4.78 is 5.97. The lowest BCUT2D eigenvalue weighted by molar-refractivity contribution is -0.123. The molecule has 22 heavy (non-hydrogen) atoms. The summed E-state index contributed by atoms with van der Waals surface area (Å²) in [6.45, 7) is 1.67. The molecule has 2 aromatic rings. The van der Waals surface area contributed by atoms with E-state index in [0.717, 1.165) is 15.6 Å². The van der Waals surface area contributed by atoms with Crippen LogP contribution < -0.4 is 5.32 Å². The van der Waals surface area contributed by atoms with Crippen molar-refractivity contribution in [2.45, 2.75) is 17.0 Å². The van der Waals surface area contributed by atoms with Crippen LogP contribution in [0.1, 0.15) is 21.6 Å². The molecular formula is C15H16N2O3S2. The van der Waals surface area contributed by atoms with Gasteiger partial charge >= 0.3 is 5.97 Å². The molecule has 1 aromatic heterocycles. The standard InChI is InChI=1S/C15H16N2O3S2/c1-10-8-21-15(17-10)22-9-11-5-3-4-6-12(11)14(19)20-7-13(18)16-2/h3-6,8H,7,9H2,1-2H3,(H,16,18). The molecule has 0 unspecified atom stereocenters. The highest BCUT2D eigenvalue weighted by atomic mass is 32.2. The summed E-state index contributed by atoms with van der Waals surface area (Å²) in [5.41, 5.74) is 2.33. The number of ether oxygens (including phenoxy) is 1. The number of thioether (sulfide) groups is 1. The Morgan fingerprint density at radius 1 is 1.36 bits per heavy atom. The number of benzene rings is 1. The van der Waals surface area contributed by atoms with Gasteiger partial charge in [-0.1, -0.05) is 30.0 Å². The molecule has 0 aliphatic heterocycles. The summed E-state index contributed by atoms with van der Waals surface area (Å²) >= 11 is 3.16. The molecule has 1 aromatic carbocycles. The zero-order valence-corrected chi connectivity index (χ0v) is 13.9. The first-order chi connectivity index (χ1) is 10.6. The molecule has 1 amide bonds. The number of esters is 1. The van der Waals surface area contributed by atoms with E-state index < -0.39 is 5.97 Å². The summed E-state index contributed by atoms with van der Waals surface area (Å²) in [5.74, 6) is -0.202. The number of aryl methyl sites for hydroxylation is 1. The number of carbonyl (C=O) groups excluding carboxylic acids is 2. The van der Waals surface area contributed by atoms with Gasteiger partial charge in [-0.05, 0) is 18.6 Å². The molecule has 5 nitrogen and oxygen atoms in total. The lowest BCUT2D eigenvalue weighted by Crippen LogP contribution is -2.25. The van der Waals surface area contributed by atoms with Crippen molar-refractivity contribution in [2.24, 2.45) is 0 Å². The van der Waals surface area contributed by atoms with E-state index in [2.05, 4.69) is 10.3 Å². The third-order valence-electron chi connectivity index (χ3n) is 2.80. The molecule has 1 heterocycles. The maximum Gasteiger partial charge on any atom is 0.338 e. The number of thiazole rings is 1. The fourth-order valence-corrected chi connectivity index (χ4v) is 3.52. The SMILES string of the molecule is CNC(=O)COC(=O)c1ccccc1CSc1nc(C)cs1. The number of likely N-dealkylation sites (N-methyl/N-ethyl adjacent to an activating group) is 1. The monoisotopic (exact) mass is 336 g/mol. The van der Waals surface area contributed by atoms with E-state index in [1.165, 1.54) is 7.05 Å². The van der Waals surface area contributed by atoms with Gasteiger partial charge in [0.1, 0.15) is 4.34 Å². The van der Waals surface area contributed by atoms with Gasteiger partial charge < -0.3 is 10.1 Å². The summed E-state index contributed by atoms with van der Waals surface area (Å²) in [4.78, 5) is 27.6. The quantitative estimate of drug-likeness (QED) is 0.649. The predicted molar refractivity (Wildman–Crippen MR) is 87.2 cm³/mol. The lowest BCUT2D eigenvalue weighted by Gasteiger charge is -2.08. The maximum absolute atomic E-state index is 12.1. The van der Waals surface area contributed by atoms with E-state index >= 15 is 0 Å². The molecule has 0 atom stereocenters. The first kappa shape index (κ1) is 16.5. The summed E-state index contributed by atoms with van der Waals surface area (Å²) in [5, 5.41) is 4.40. The van der Waals surface area contributed by atoms with Crippen molar-refractivity contribution in [1.29, 1.82) is 0 Å². The Morgan fingerprint density at radius 2 is 2.14 bits per heavy atom. The van der Waals surface area contributed by atoms with Crippen LogP contribution in [0.15, 0.2) is 34.0 Å². The minimum Gasteiger partial charge on any atom is -0.452 e. The summed E-state index contributed by atoms with van der Waals surface area (Å²) in [6.07, 6.45) is 0. The van der Waals surface area contributed by atoms with Gasteiger partial charge in [-0.15, -0.1) is 11.3 Å². The van der Waals surface area contributed by atoms with E-state index in [1.807, 2.05) is 24.4 Å². The number of rotatable bonds is 6. The first-order valence-corrected chi connectivity index (χ1v) is 8.47. The van der Waals surface area contributed by atoms with Crippen LogP contribution in [-0.4, -0.2) is 30.5 Å². The molecule has 0 saturated carbocycles. The third-order valence-corrected chi connectivity index (χ3v) is 4.99. The Labute approximate surface area is 137 Å². The highest BCUT2D eigenvalue weighted by Crippen LogP contribution is 2.27. The average Bonchev–Trinajstić information content (AvgIpc) is 2.96. The summed E-state index contributed by atoms with van der Waals surface area (Å²) in [6, 6.07) is 7.23. The zero-order chi connectivity index (χ0) is 15.9. The Kier molecular flexibility index (Phi) is 5.97. The normalized spacial score (nSPS) is 10.3. The number of nitrogens with one attached hydrogen (secondary N) is 1. The largest absolute Gasteiger partial charge is 0.452 e. The van der Waals surface area contributed by atoms with Gasteiger partial charge in [-0.25, -0.2) is 9.78 Å². The van der Waals surface area contributed by atoms with E-state index in [9.17, 15) is 9.59 Å². The van der Waals surface area contributed by atoms with Crippen LogP contribution in [0.25, 0.3) is 0 Å². The molecule has 116 valence electrons. The molecule has 2 rings (SSSR count). The molecule has 0 aliphatic carbocycles. The van der Waals surface area contributed by atoms with E-state index in [1.54, 1.807) is 35.2 Å². The average molecular weight is 336 g/mol. The van der Waals surface area contributed by atoms with Crippen molar-refractivity contribution in [3.63, 3.8) is 0 Å². The molecule has 0 bridgehead atoms. The summed E-state index contributed by atoms with van der Waals surface area (Å²) in [7, 11) is 1.50. The Hall–Kier alpha value is -1.86. The van der Waals surface area contributed by atoms with Crippen LogP contribution in [0.5, 0.6) is 0 Å². The Bertz CT molecular complexity index is 670. The smallest absolute Gasteiger partial charge is 0.338 e. The van der Waals surface area contributed by atoms with Crippen molar-refractivity contribution < 1.29 is 14.3 Å². The van der Waals surface area contributed by atoms with Gasteiger partial charge in [-0.3, -0.25) is 4.79 Å². The second-order valence-corrected chi connectivity index (χ2v) is 6.53. The second-order valence-electron chi connectivity index (χ2n) is 4.45. The fourth-order valence-electron chi connectivity index (χ4n) is 1.66. The molecule has 0 aliphatic rings. The Morgan fingerprint density at radius 3 is 2.82 bits per heavy atom. The van der Waals surface area contributed by atoms with E-state index in [0.29, 0.717) is 11.3 Å². The van der Waals surface area contributed by atoms with Crippen molar-refractivity contribution in [3.05, 3.63) is 46.5 Å². The van der Waals surface area contributed by atoms with Gasteiger partial charge in [0.2, 0.25) is 0 Å². The minimum absolute atomic E-state index is 0.275. The van der Waals surface area contributed by atoms with Gasteiger partial charge in [0.15, 0.2) is 6.61 Å². The Balaban J connectivity index is 2.02. The lowest BCUT2D eigenvalue weighted by atomic mass is 10.1. The van der Waals surface area contributed by atoms with Crippen LogP contribution >= 0.6 is 23.1 Å². The van der Waals surface area contributed by atoms with Gasteiger partial charge in [-0.2, -0.15) is 0 Å². The van der Waals surface area contributed by atoms with Crippen LogP contribution in [0, 0.1) is 6.92 Å². The molecular weight excluding hydrogens is 320 g/mol. The minimum atomic E-state index is -0.491. The van der Waals surface area contributed by atoms with Crippen LogP contribution in [0.2, 0.25) is 0 Å². The fraction of sp³-hybridized carbons (Fsp3) is 0.267. The maximum atomic E-state index is 12.1. The molecule has 0 spiro atoms. The highest BCUT2D eigenvalue weighted by Gasteiger charge is 2.14. The number of hydrogen-bond acceptors (Lipinski definition) is 6. The molecule has 7 heteroatoms. The number of hydrogen-bond donors (Lipinski definition) is 1. The topological polar surface area (TPSA) is 68.3 Å². The first-order valence-electron chi connectivity index (χ1n) is 6.60. The van der Waals surface area contributed by atoms with Crippen LogP contribution in [-0.2, 0) is 15.3 Å². The van der Waals surface area contributed by atoms with Gasteiger partial charge in [0.25, 0.3) is 5.91 Å². The molecule has 0 saturated heterocycles. The van der Waals surface area contributed by atoms with Crippen molar-refractivity contribution >= 4 is 35.0 Å². The van der Waals surface area contributed by atoms with Gasteiger partial charge in [0, 0.05) is 23.9 Å². The number of aromatic nitrogens is 1. The zero-order valence-electron chi connectivity index (χ0n) is 12.3. The molecule has 0 fully saturated rings. The highest BCUT2D eigenvalue weighted by molar-refractivity contribution is 8.00. The van der Waals surface area contributed by atoms with Crippen LogP contribution in [0.3, 0.4) is 0 Å². The molecule has 0 radical (unpaired) electrons. The predicted octanol–water partition coefficient (Wildman–Crippen LogP) is 2.65. The van der Waals surface area contributed by atoms with Crippen LogP contribution in [0.4, 0.5) is 0 Å². The molecule has 1 N–H and O–H groups in total. The van der Waals surface area contributed by atoms with E-state index in [-0.39, 0.29) is 12.5 Å². The van der Waals surface area contributed by atoms with Crippen molar-refractivity contribution in [2.75, 3.05) is 13.7 Å². The number of nitrogens with zero attached hydrogens (tertiary/aromatic N) is 1. The van der Waals surface area contributed by atoms with E-state index in [4.69, 9.17) is 4.74 Å². The second kappa shape index (κ2) is 7.95. The van der Waals surface area contributed by atoms with Gasteiger partial charge in [0.05, 0.1) is 5.56 Å². The third kappa shape index (κ3) is 4.57. The van der Waals surface area contributed by atoms with Crippen molar-refractivity contribution in [1.82, 2.24) is 10.3 Å². The number of carbonyl (C=O) groups is 2. The number of amides is 1. The van der Waals surface area contributed by atoms with Crippen molar-refractivity contribution in [3.8, 4) is 0 Å².